The second-order valence-electron chi connectivity index (χ2n) is 10.7. The number of H-pyrrole nitrogens is 1. The maximum absolute atomic E-state index is 13.6. The highest BCUT2D eigenvalue weighted by atomic mass is 16.7. The zero-order valence-corrected chi connectivity index (χ0v) is 22.9. The van der Waals surface area contributed by atoms with Gasteiger partial charge < -0.3 is 14.5 Å². The molecule has 0 aliphatic carbocycles. The van der Waals surface area contributed by atoms with Crippen molar-refractivity contribution in [1.82, 2.24) is 35.0 Å². The van der Waals surface area contributed by atoms with Crippen LogP contribution < -0.4 is 15.0 Å². The molecule has 4 heterocycles. The molecule has 1 N–H and O–H groups in total. The molecule has 1 fully saturated rings. The third-order valence-corrected chi connectivity index (χ3v) is 7.92. The molecule has 0 amide bonds. The van der Waals surface area contributed by atoms with Crippen molar-refractivity contribution in [2.45, 2.75) is 26.1 Å². The molecule has 2 aromatic heterocycles. The molecule has 7 rings (SSSR count). The van der Waals surface area contributed by atoms with Crippen molar-refractivity contribution in [1.29, 1.82) is 0 Å². The molecule has 0 bridgehead atoms. The molecule has 0 spiro atoms. The van der Waals surface area contributed by atoms with E-state index in [0.29, 0.717) is 17.9 Å². The highest BCUT2D eigenvalue weighted by Gasteiger charge is 2.33. The van der Waals surface area contributed by atoms with Crippen LogP contribution in [0.4, 0.5) is 0 Å². The third-order valence-electron chi connectivity index (χ3n) is 7.92. The van der Waals surface area contributed by atoms with Crippen LogP contribution in [0, 0.1) is 6.92 Å². The van der Waals surface area contributed by atoms with Gasteiger partial charge in [0.1, 0.15) is 6.04 Å². The number of benzene rings is 3. The fourth-order valence-corrected chi connectivity index (χ4v) is 5.80. The number of nitrogens with one attached hydrogen (secondary N) is 1. The number of fused-ring (bicyclic) bond motifs is 2. The van der Waals surface area contributed by atoms with Gasteiger partial charge in [-0.05, 0) is 64.2 Å². The average molecular weight is 550 g/mol. The normalized spacial score (nSPS) is 16.3. The number of piperazine rings is 1. The Kier molecular flexibility index (Phi) is 6.69. The quantitative estimate of drug-likeness (QED) is 0.329. The zero-order valence-electron chi connectivity index (χ0n) is 22.9. The van der Waals surface area contributed by atoms with E-state index >= 15 is 0 Å². The Morgan fingerprint density at radius 2 is 1.71 bits per heavy atom. The number of hydrogen-bond donors (Lipinski definition) is 1. The Morgan fingerprint density at radius 3 is 2.56 bits per heavy atom. The lowest BCUT2D eigenvalue weighted by molar-refractivity contribution is 0.0998. The molecule has 3 aromatic carbocycles. The summed E-state index contributed by atoms with van der Waals surface area (Å²) < 4.78 is 12.8. The first-order valence-electron chi connectivity index (χ1n) is 13.9. The monoisotopic (exact) mass is 549 g/mol. The van der Waals surface area contributed by atoms with E-state index in [1.807, 2.05) is 47.1 Å². The van der Waals surface area contributed by atoms with Gasteiger partial charge in [-0.15, -0.1) is 5.10 Å². The summed E-state index contributed by atoms with van der Waals surface area (Å²) >= 11 is 0. The molecule has 1 saturated heterocycles. The molecule has 2 aliphatic rings. The Morgan fingerprint density at radius 1 is 0.878 bits per heavy atom. The van der Waals surface area contributed by atoms with E-state index < -0.39 is 6.04 Å². The maximum atomic E-state index is 13.6. The van der Waals surface area contributed by atoms with Crippen LogP contribution in [-0.2, 0) is 13.1 Å². The lowest BCUT2D eigenvalue weighted by atomic mass is 10.0. The van der Waals surface area contributed by atoms with Gasteiger partial charge in [0.15, 0.2) is 17.3 Å². The Labute approximate surface area is 237 Å². The zero-order chi connectivity index (χ0) is 27.8. The maximum Gasteiger partial charge on any atom is 0.253 e. The van der Waals surface area contributed by atoms with Gasteiger partial charge in [0.25, 0.3) is 5.56 Å². The number of pyridine rings is 1. The minimum absolute atomic E-state index is 0.122. The summed E-state index contributed by atoms with van der Waals surface area (Å²) in [6.07, 6.45) is 0. The van der Waals surface area contributed by atoms with Crippen LogP contribution in [0.1, 0.15) is 34.1 Å². The number of aryl methyl sites for hydroxylation is 1. The smallest absolute Gasteiger partial charge is 0.253 e. The Balaban J connectivity index is 1.19. The first kappa shape index (κ1) is 25.4. The molecule has 1 atom stereocenters. The van der Waals surface area contributed by atoms with E-state index in [1.165, 1.54) is 5.56 Å². The van der Waals surface area contributed by atoms with Gasteiger partial charge in [-0.1, -0.05) is 48.0 Å². The number of hydrogen-bond acceptors (Lipinski definition) is 8. The highest BCUT2D eigenvalue weighted by molar-refractivity contribution is 5.79. The minimum atomic E-state index is -0.393. The van der Waals surface area contributed by atoms with E-state index in [0.717, 1.165) is 66.3 Å². The van der Waals surface area contributed by atoms with Gasteiger partial charge >= 0.3 is 0 Å². The molecule has 0 radical (unpaired) electrons. The van der Waals surface area contributed by atoms with Gasteiger partial charge in [-0.3, -0.25) is 14.6 Å². The molecular formula is C31H31N7O3. The first-order valence-corrected chi connectivity index (χ1v) is 13.9. The van der Waals surface area contributed by atoms with Crippen LogP contribution in [0.3, 0.4) is 0 Å². The Hall–Kier alpha value is -4.54. The largest absolute Gasteiger partial charge is 0.454 e. The lowest BCUT2D eigenvalue weighted by Gasteiger charge is -2.38. The van der Waals surface area contributed by atoms with Crippen molar-refractivity contribution < 1.29 is 9.47 Å². The third kappa shape index (κ3) is 5.19. The predicted octanol–water partition coefficient (Wildman–Crippen LogP) is 3.51. The summed E-state index contributed by atoms with van der Waals surface area (Å²) in [5, 5.41) is 13.9. The number of aromatic nitrogens is 5. The number of aromatic amines is 1. The van der Waals surface area contributed by atoms with Crippen LogP contribution in [0.25, 0.3) is 10.9 Å². The molecule has 0 saturated carbocycles. The minimum Gasteiger partial charge on any atom is -0.454 e. The van der Waals surface area contributed by atoms with Crippen molar-refractivity contribution in [3.05, 3.63) is 111 Å². The summed E-state index contributed by atoms with van der Waals surface area (Å²) in [5.74, 6) is 2.26. The standard InChI is InChI=1S/C31H31N7O3/c1-21-7-9-26-24(15-21)17-25(31(39)32-26)29(30-33-34-35-38(30)19-22-5-3-2-4-6-22)37-13-11-36(12-14-37)18-23-8-10-27-28(16-23)41-20-40-27/h2-10,15-17,29H,11-14,18-20H2,1H3,(H,32,39)/t29-/m1/s1. The van der Waals surface area contributed by atoms with Crippen molar-refractivity contribution in [2.75, 3.05) is 33.0 Å². The predicted molar refractivity (Wildman–Crippen MR) is 154 cm³/mol. The van der Waals surface area contributed by atoms with E-state index in [4.69, 9.17) is 9.47 Å². The molecule has 2 aliphatic heterocycles. The molecule has 0 unspecified atom stereocenters. The molecule has 41 heavy (non-hydrogen) atoms. The summed E-state index contributed by atoms with van der Waals surface area (Å²) in [7, 11) is 0. The highest BCUT2D eigenvalue weighted by Crippen LogP contribution is 2.33. The van der Waals surface area contributed by atoms with E-state index in [1.54, 1.807) is 0 Å². The fourth-order valence-electron chi connectivity index (χ4n) is 5.80. The summed E-state index contributed by atoms with van der Waals surface area (Å²) in [6.45, 7) is 6.88. The van der Waals surface area contributed by atoms with E-state index in [-0.39, 0.29) is 12.4 Å². The van der Waals surface area contributed by atoms with Crippen LogP contribution in [0.2, 0.25) is 0 Å². The second kappa shape index (κ2) is 10.8. The lowest BCUT2D eigenvalue weighted by Crippen LogP contribution is -2.48. The van der Waals surface area contributed by atoms with Crippen molar-refractivity contribution in [2.24, 2.45) is 0 Å². The molecule has 10 heteroatoms. The van der Waals surface area contributed by atoms with Crippen LogP contribution in [0.5, 0.6) is 11.5 Å². The van der Waals surface area contributed by atoms with Crippen LogP contribution in [0.15, 0.2) is 77.6 Å². The number of tetrazole rings is 1. The van der Waals surface area contributed by atoms with Gasteiger partial charge in [0, 0.05) is 43.8 Å². The van der Waals surface area contributed by atoms with Gasteiger partial charge in [0.2, 0.25) is 6.79 Å². The van der Waals surface area contributed by atoms with Gasteiger partial charge in [-0.25, -0.2) is 4.68 Å². The topological polar surface area (TPSA) is 101 Å². The summed E-state index contributed by atoms with van der Waals surface area (Å²) in [6, 6.07) is 23.9. The summed E-state index contributed by atoms with van der Waals surface area (Å²) in [4.78, 5) is 21.4. The SMILES string of the molecule is Cc1ccc2[nH]c(=O)c([C@H](c3nnnn3Cc3ccccc3)N3CCN(Cc4ccc5c(c4)OCO5)CC3)cc2c1. The molecule has 10 nitrogen and oxygen atoms in total. The second-order valence-corrected chi connectivity index (χ2v) is 10.7. The first-order chi connectivity index (χ1) is 20.1. The van der Waals surface area contributed by atoms with Gasteiger partial charge in [0.05, 0.1) is 6.54 Å². The number of rotatable bonds is 7. The number of nitrogens with zero attached hydrogens (tertiary/aromatic N) is 6. The number of ether oxygens (including phenoxy) is 2. The Bertz CT molecular complexity index is 1740. The van der Waals surface area contributed by atoms with E-state index in [9.17, 15) is 4.79 Å². The van der Waals surface area contributed by atoms with Crippen molar-refractivity contribution in [3.63, 3.8) is 0 Å². The van der Waals surface area contributed by atoms with Gasteiger partial charge in [-0.2, -0.15) is 0 Å². The molecule has 5 aromatic rings. The van der Waals surface area contributed by atoms with E-state index in [2.05, 4.69) is 67.6 Å². The molecule has 208 valence electrons. The van der Waals surface area contributed by atoms with Crippen LogP contribution in [-0.4, -0.2) is 68.0 Å². The van der Waals surface area contributed by atoms with Crippen molar-refractivity contribution in [3.8, 4) is 11.5 Å². The molecular weight excluding hydrogens is 518 g/mol. The van der Waals surface area contributed by atoms with Crippen LogP contribution >= 0.6 is 0 Å². The average Bonchev–Trinajstić information content (AvgIpc) is 3.64. The fraction of sp³-hybridized carbons (Fsp3) is 0.290. The van der Waals surface area contributed by atoms with Crippen molar-refractivity contribution >= 4 is 10.9 Å². The summed E-state index contributed by atoms with van der Waals surface area (Å²) in [5.41, 5.74) is 4.77.